The molecule has 2 unspecified atom stereocenters. The van der Waals surface area contributed by atoms with Crippen molar-refractivity contribution in [1.29, 1.82) is 0 Å². The van der Waals surface area contributed by atoms with Gasteiger partial charge in [-0.1, -0.05) is 75.4 Å². The zero-order valence-electron chi connectivity index (χ0n) is 33.9. The lowest BCUT2D eigenvalue weighted by molar-refractivity contribution is 0.0507. The second kappa shape index (κ2) is 11.8. The minimum atomic E-state index is -0.618. The van der Waals surface area contributed by atoms with Crippen LogP contribution in [-0.2, 0) is 18.3 Å². The molecule has 0 aromatic heterocycles. The molecule has 0 fully saturated rings. The van der Waals surface area contributed by atoms with E-state index in [4.69, 9.17) is 0 Å². The van der Waals surface area contributed by atoms with Crippen LogP contribution < -0.4 is 4.90 Å². The van der Waals surface area contributed by atoms with E-state index in [0.29, 0.717) is 40.8 Å². The van der Waals surface area contributed by atoms with Crippen LogP contribution in [0.15, 0.2) is 84.9 Å². The SMILES string of the molecule is Cc1cc(-c2cc(C)c(C(C)(C)C)c3ccccc23)c2ccccc2c1N1C(=O)c2cc3c(cc2C1=O)C1Cc2cc4c(cc2C(C3)C1)C(=O)N(C(C)(C)C)C4=O. The van der Waals surface area contributed by atoms with Crippen LogP contribution in [0.4, 0.5) is 5.69 Å². The molecule has 6 aromatic carbocycles. The summed E-state index contributed by atoms with van der Waals surface area (Å²) in [7, 11) is 0. The van der Waals surface area contributed by atoms with Crippen molar-refractivity contribution < 1.29 is 19.2 Å². The van der Waals surface area contributed by atoms with Crippen molar-refractivity contribution in [2.24, 2.45) is 0 Å². The summed E-state index contributed by atoms with van der Waals surface area (Å²) in [6.45, 7) is 16.6. The zero-order valence-corrected chi connectivity index (χ0v) is 33.9. The zero-order chi connectivity index (χ0) is 40.0. The summed E-state index contributed by atoms with van der Waals surface area (Å²) in [6, 6.07) is 29.1. The molecule has 0 radical (unpaired) electrons. The molecule has 284 valence electrons. The molecule has 2 atom stereocenters. The Bertz CT molecular complexity index is 2870. The van der Waals surface area contributed by atoms with Crippen molar-refractivity contribution in [2.45, 2.75) is 97.4 Å². The third kappa shape index (κ3) is 5.02. The molecule has 2 aliphatic carbocycles. The molecule has 0 spiro atoms. The van der Waals surface area contributed by atoms with Gasteiger partial charge in [0.15, 0.2) is 0 Å². The molecule has 2 aliphatic heterocycles. The van der Waals surface area contributed by atoms with E-state index in [1.807, 2.05) is 70.2 Å². The molecule has 6 heteroatoms. The van der Waals surface area contributed by atoms with Crippen molar-refractivity contribution in [3.8, 4) is 11.1 Å². The number of rotatable bonds is 2. The van der Waals surface area contributed by atoms with Gasteiger partial charge in [0.05, 0.1) is 27.9 Å². The molecule has 0 saturated carbocycles. The molecule has 57 heavy (non-hydrogen) atoms. The Morgan fingerprint density at radius 2 is 0.947 bits per heavy atom. The molecule has 0 saturated heterocycles. The fraction of sp³-hybridized carbons (Fsp3) is 0.294. The van der Waals surface area contributed by atoms with Gasteiger partial charge in [-0.3, -0.25) is 24.1 Å². The van der Waals surface area contributed by atoms with E-state index in [1.165, 1.54) is 31.7 Å². The average molecular weight is 751 g/mol. The summed E-state index contributed by atoms with van der Waals surface area (Å²) in [5.41, 5.74) is 11.9. The molecular weight excluding hydrogens is 705 g/mol. The highest BCUT2D eigenvalue weighted by molar-refractivity contribution is 6.36. The van der Waals surface area contributed by atoms with E-state index in [-0.39, 0.29) is 40.9 Å². The van der Waals surface area contributed by atoms with Crippen LogP contribution >= 0.6 is 0 Å². The minimum absolute atomic E-state index is 0.0348. The number of nitrogens with zero attached hydrogens (tertiary/aromatic N) is 2. The smallest absolute Gasteiger partial charge is 0.266 e. The highest BCUT2D eigenvalue weighted by Gasteiger charge is 2.46. The standard InChI is InChI=1S/C51H46N2O4/c1-26-17-38(32-13-9-11-15-34(32)44(26)50(3,4)5)39-18-27(2)45(35-16-12-10-14-33(35)39)52-46(54)40-22-30-20-29-19-28(36(30)24-42(40)47(52)55)21-31-23-41-43(25-37(29)31)49(57)53(48(41)56)51(6,7)8/h9-18,22-25,28-29H,19-21H2,1-8H3. The molecule has 2 heterocycles. The second-order valence-corrected chi connectivity index (χ2v) is 18.8. The fourth-order valence-corrected chi connectivity index (χ4v) is 10.9. The van der Waals surface area contributed by atoms with Gasteiger partial charge in [0.1, 0.15) is 0 Å². The van der Waals surface area contributed by atoms with Crippen LogP contribution in [0, 0.1) is 13.8 Å². The third-order valence-electron chi connectivity index (χ3n) is 13.1. The van der Waals surface area contributed by atoms with Crippen molar-refractivity contribution >= 4 is 50.9 Å². The Balaban J connectivity index is 1.05. The quantitative estimate of drug-likeness (QED) is 0.165. The highest BCUT2D eigenvalue weighted by Crippen LogP contribution is 2.51. The van der Waals surface area contributed by atoms with E-state index >= 15 is 0 Å². The van der Waals surface area contributed by atoms with Crippen LogP contribution in [-0.4, -0.2) is 34.1 Å². The average Bonchev–Trinajstić information content (AvgIpc) is 3.55. The van der Waals surface area contributed by atoms with Crippen LogP contribution in [0.3, 0.4) is 0 Å². The summed E-state index contributed by atoms with van der Waals surface area (Å²) >= 11 is 0. The van der Waals surface area contributed by atoms with Crippen molar-refractivity contribution in [3.63, 3.8) is 0 Å². The normalized spacial score (nSPS) is 18.7. The lowest BCUT2D eigenvalue weighted by atomic mass is 9.66. The van der Waals surface area contributed by atoms with Crippen LogP contribution in [0.25, 0.3) is 32.7 Å². The molecule has 4 amide bonds. The van der Waals surface area contributed by atoms with E-state index in [2.05, 4.69) is 70.2 Å². The summed E-state index contributed by atoms with van der Waals surface area (Å²) in [5.74, 6) is -0.764. The Kier molecular flexibility index (Phi) is 7.37. The van der Waals surface area contributed by atoms with Gasteiger partial charge >= 0.3 is 0 Å². The maximum absolute atomic E-state index is 14.6. The van der Waals surface area contributed by atoms with Gasteiger partial charge in [-0.2, -0.15) is 0 Å². The van der Waals surface area contributed by atoms with Crippen molar-refractivity contribution in [3.05, 3.63) is 146 Å². The number of benzene rings is 6. The number of anilines is 1. The predicted molar refractivity (Wildman–Crippen MR) is 227 cm³/mol. The number of hydrogen-bond donors (Lipinski definition) is 0. The number of carbonyl (C=O) groups is 4. The number of fused-ring (bicyclic) bond motifs is 10. The maximum Gasteiger partial charge on any atom is 0.266 e. The lowest BCUT2D eigenvalue weighted by Gasteiger charge is -2.38. The first kappa shape index (κ1) is 35.5. The second-order valence-electron chi connectivity index (χ2n) is 18.8. The summed E-state index contributed by atoms with van der Waals surface area (Å²) in [4.78, 5) is 58.9. The van der Waals surface area contributed by atoms with Gasteiger partial charge in [-0.15, -0.1) is 0 Å². The van der Waals surface area contributed by atoms with Gasteiger partial charge in [0.2, 0.25) is 0 Å². The highest BCUT2D eigenvalue weighted by atomic mass is 16.2. The summed E-state index contributed by atoms with van der Waals surface area (Å²) < 4.78 is 0. The van der Waals surface area contributed by atoms with Crippen molar-refractivity contribution in [2.75, 3.05) is 4.90 Å². The first-order valence-electron chi connectivity index (χ1n) is 20.2. The van der Waals surface area contributed by atoms with Gasteiger partial charge in [0, 0.05) is 10.9 Å². The number of imide groups is 2. The van der Waals surface area contributed by atoms with Crippen molar-refractivity contribution in [1.82, 2.24) is 4.90 Å². The molecular formula is C51H46N2O4. The number of hydrogen-bond acceptors (Lipinski definition) is 4. The first-order chi connectivity index (χ1) is 27.0. The molecule has 2 bridgehead atoms. The van der Waals surface area contributed by atoms with Gasteiger partial charge < -0.3 is 0 Å². The van der Waals surface area contributed by atoms with Gasteiger partial charge in [-0.25, -0.2) is 4.90 Å². The monoisotopic (exact) mass is 750 g/mol. The van der Waals surface area contributed by atoms with E-state index < -0.39 is 5.54 Å². The van der Waals surface area contributed by atoms with Gasteiger partial charge in [-0.05, 0) is 168 Å². The molecule has 4 aliphatic rings. The largest absolute Gasteiger partial charge is 0.269 e. The van der Waals surface area contributed by atoms with Gasteiger partial charge in [0.25, 0.3) is 23.6 Å². The number of aryl methyl sites for hydroxylation is 2. The summed E-state index contributed by atoms with van der Waals surface area (Å²) in [5, 5.41) is 4.27. The summed E-state index contributed by atoms with van der Waals surface area (Å²) in [6.07, 6.45) is 2.31. The molecule has 6 nitrogen and oxygen atoms in total. The van der Waals surface area contributed by atoms with E-state index in [0.717, 1.165) is 56.1 Å². The van der Waals surface area contributed by atoms with Crippen LogP contribution in [0.1, 0.15) is 140 Å². The lowest BCUT2D eigenvalue weighted by Crippen LogP contribution is -2.45. The predicted octanol–water partition coefficient (Wildman–Crippen LogP) is 11.1. The Labute approximate surface area is 333 Å². The maximum atomic E-state index is 14.6. The third-order valence-corrected chi connectivity index (χ3v) is 13.1. The molecule has 0 N–H and O–H groups in total. The molecule has 6 aromatic rings. The Hall–Kier alpha value is -5.88. The Morgan fingerprint density at radius 3 is 1.47 bits per heavy atom. The Morgan fingerprint density at radius 1 is 0.509 bits per heavy atom. The topological polar surface area (TPSA) is 74.8 Å². The molecule has 10 rings (SSSR count). The van der Waals surface area contributed by atoms with E-state index in [1.54, 1.807) is 0 Å². The first-order valence-corrected chi connectivity index (χ1v) is 20.2. The van der Waals surface area contributed by atoms with Crippen LogP contribution in [0.2, 0.25) is 0 Å². The number of amides is 4. The van der Waals surface area contributed by atoms with Crippen LogP contribution in [0.5, 0.6) is 0 Å². The van der Waals surface area contributed by atoms with E-state index in [9.17, 15) is 19.2 Å². The number of carbonyl (C=O) groups excluding carboxylic acids is 4. The fourth-order valence-electron chi connectivity index (χ4n) is 10.9. The minimum Gasteiger partial charge on any atom is -0.269 e.